The Morgan fingerprint density at radius 1 is 1.19 bits per heavy atom. The van der Waals surface area contributed by atoms with Gasteiger partial charge in [0.2, 0.25) is 5.91 Å². The first kappa shape index (κ1) is 22.3. The Labute approximate surface area is 180 Å². The van der Waals surface area contributed by atoms with E-state index in [9.17, 15) is 37.7 Å². The van der Waals surface area contributed by atoms with E-state index in [-0.39, 0.29) is 21.2 Å². The number of hydrogen-bond acceptors (Lipinski definition) is 6. The van der Waals surface area contributed by atoms with Gasteiger partial charge in [-0.25, -0.2) is 13.2 Å². The third-order valence-electron chi connectivity index (χ3n) is 3.96. The van der Waals surface area contributed by atoms with Crippen molar-refractivity contribution >= 4 is 57.9 Å². The first-order chi connectivity index (χ1) is 14.6. The molecule has 0 spiro atoms. The number of rotatable bonds is 5. The van der Waals surface area contributed by atoms with Crippen molar-refractivity contribution in [3.8, 4) is 0 Å². The quantitative estimate of drug-likeness (QED) is 0.300. The third kappa shape index (κ3) is 4.70. The number of nitro groups is 1. The Balaban J connectivity index is 1.77. The van der Waals surface area contributed by atoms with Gasteiger partial charge in [0, 0.05) is 22.7 Å². The van der Waals surface area contributed by atoms with Gasteiger partial charge in [-0.05, 0) is 36.0 Å². The molecule has 0 radical (unpaired) electrons. The van der Waals surface area contributed by atoms with E-state index < -0.39 is 51.7 Å². The van der Waals surface area contributed by atoms with Crippen molar-refractivity contribution in [3.63, 3.8) is 0 Å². The highest BCUT2D eigenvalue weighted by molar-refractivity contribution is 8.18. The lowest BCUT2D eigenvalue weighted by molar-refractivity contribution is -0.384. The predicted molar refractivity (Wildman–Crippen MR) is 106 cm³/mol. The summed E-state index contributed by atoms with van der Waals surface area (Å²) in [7, 11) is 0. The van der Waals surface area contributed by atoms with Crippen LogP contribution in [-0.2, 0) is 9.59 Å². The number of non-ortho nitro benzene ring substituents is 1. The Kier molecular flexibility index (Phi) is 6.32. The van der Waals surface area contributed by atoms with Crippen LogP contribution in [-0.4, -0.2) is 33.4 Å². The summed E-state index contributed by atoms with van der Waals surface area (Å²) in [6.45, 7) is -0.830. The lowest BCUT2D eigenvalue weighted by atomic mass is 10.2. The van der Waals surface area contributed by atoms with Crippen LogP contribution in [0.15, 0.2) is 35.2 Å². The second kappa shape index (κ2) is 8.78. The van der Waals surface area contributed by atoms with Crippen molar-refractivity contribution in [2.75, 3.05) is 11.9 Å². The number of imide groups is 1. The Morgan fingerprint density at radius 3 is 2.58 bits per heavy atom. The maximum Gasteiger partial charge on any atom is 0.294 e. The summed E-state index contributed by atoms with van der Waals surface area (Å²) < 4.78 is 39.9. The molecular formula is C18H9ClF3N3O5S. The molecule has 0 bridgehead atoms. The number of amides is 3. The van der Waals surface area contributed by atoms with E-state index in [1.54, 1.807) is 0 Å². The smallest absolute Gasteiger partial charge is 0.294 e. The zero-order valence-electron chi connectivity index (χ0n) is 15.0. The molecule has 0 aliphatic carbocycles. The van der Waals surface area contributed by atoms with Gasteiger partial charge in [-0.2, -0.15) is 0 Å². The van der Waals surface area contributed by atoms with Gasteiger partial charge in [-0.1, -0.05) is 11.6 Å². The molecule has 2 aromatic rings. The average molecular weight is 472 g/mol. The van der Waals surface area contributed by atoms with Crippen molar-refractivity contribution < 1.29 is 32.5 Å². The van der Waals surface area contributed by atoms with Gasteiger partial charge in [0.25, 0.3) is 16.8 Å². The first-order valence-electron chi connectivity index (χ1n) is 8.21. The lowest BCUT2D eigenvalue weighted by Crippen LogP contribution is -2.36. The summed E-state index contributed by atoms with van der Waals surface area (Å²) in [6.07, 6.45) is 1.16. The van der Waals surface area contributed by atoms with Crippen LogP contribution in [0.4, 0.5) is 29.3 Å². The number of anilines is 1. The second-order valence-electron chi connectivity index (χ2n) is 6.00. The minimum Gasteiger partial charge on any atom is -0.322 e. The molecule has 1 aliphatic rings. The van der Waals surface area contributed by atoms with Crippen molar-refractivity contribution in [2.45, 2.75) is 0 Å². The molecule has 31 heavy (non-hydrogen) atoms. The molecule has 0 saturated carbocycles. The maximum absolute atomic E-state index is 13.7. The van der Waals surface area contributed by atoms with Crippen molar-refractivity contribution in [2.24, 2.45) is 0 Å². The van der Waals surface area contributed by atoms with Gasteiger partial charge in [-0.15, -0.1) is 0 Å². The zero-order chi connectivity index (χ0) is 22.9. The molecule has 13 heteroatoms. The Bertz CT molecular complexity index is 1170. The molecule has 3 amide bonds. The van der Waals surface area contributed by atoms with Gasteiger partial charge in [0.15, 0.2) is 17.5 Å². The molecule has 1 aliphatic heterocycles. The molecule has 0 unspecified atom stereocenters. The zero-order valence-corrected chi connectivity index (χ0v) is 16.6. The molecular weight excluding hydrogens is 463 g/mol. The van der Waals surface area contributed by atoms with Gasteiger partial charge >= 0.3 is 0 Å². The van der Waals surface area contributed by atoms with Gasteiger partial charge < -0.3 is 5.32 Å². The van der Waals surface area contributed by atoms with Crippen LogP contribution in [0, 0.1) is 27.6 Å². The standard InChI is InChI=1S/C18H9ClF3N3O5S/c19-10-2-1-9(25(29)30)5-8(10)6-13-17(27)24(18(28)31-13)7-14(26)23-12-4-3-11(20)15(21)16(12)22/h1-6H,7H2,(H,23,26)/b13-6-. The fourth-order valence-electron chi connectivity index (χ4n) is 2.49. The van der Waals surface area contributed by atoms with Gasteiger partial charge in [0.05, 0.1) is 15.5 Å². The van der Waals surface area contributed by atoms with Crippen molar-refractivity contribution in [1.29, 1.82) is 0 Å². The number of benzene rings is 2. The molecule has 1 saturated heterocycles. The summed E-state index contributed by atoms with van der Waals surface area (Å²) >= 11 is 6.43. The number of nitrogens with zero attached hydrogens (tertiary/aromatic N) is 2. The molecule has 160 valence electrons. The Hall–Kier alpha value is -3.38. The summed E-state index contributed by atoms with van der Waals surface area (Å²) in [5, 5.41) is 12.1. The molecule has 0 aromatic heterocycles. The number of carbonyl (C=O) groups is 3. The number of carbonyl (C=O) groups excluding carboxylic acids is 3. The predicted octanol–water partition coefficient (Wildman–Crippen LogP) is 4.34. The minimum atomic E-state index is -1.79. The molecule has 2 aromatic carbocycles. The summed E-state index contributed by atoms with van der Waals surface area (Å²) in [6, 6.07) is 4.89. The van der Waals surface area contributed by atoms with E-state index in [0.29, 0.717) is 22.7 Å². The van der Waals surface area contributed by atoms with E-state index in [1.807, 2.05) is 5.32 Å². The van der Waals surface area contributed by atoms with Crippen LogP contribution in [0.1, 0.15) is 5.56 Å². The van der Waals surface area contributed by atoms with E-state index in [0.717, 1.165) is 24.3 Å². The minimum absolute atomic E-state index is 0.0870. The molecule has 1 fully saturated rings. The van der Waals surface area contributed by atoms with E-state index >= 15 is 0 Å². The molecule has 8 nitrogen and oxygen atoms in total. The molecule has 3 rings (SSSR count). The van der Waals surface area contributed by atoms with Crippen LogP contribution in [0.25, 0.3) is 6.08 Å². The second-order valence-corrected chi connectivity index (χ2v) is 7.40. The molecule has 0 atom stereocenters. The van der Waals surface area contributed by atoms with Crippen LogP contribution in [0.2, 0.25) is 5.02 Å². The van der Waals surface area contributed by atoms with E-state index in [2.05, 4.69) is 0 Å². The number of halogens is 4. The normalized spacial score (nSPS) is 15.0. The number of thioether (sulfide) groups is 1. The highest BCUT2D eigenvalue weighted by atomic mass is 35.5. The monoisotopic (exact) mass is 471 g/mol. The molecule has 1 heterocycles. The van der Waals surface area contributed by atoms with Crippen LogP contribution in [0.3, 0.4) is 0 Å². The van der Waals surface area contributed by atoms with Gasteiger partial charge in [-0.3, -0.25) is 29.4 Å². The van der Waals surface area contributed by atoms with E-state index in [4.69, 9.17) is 11.6 Å². The largest absolute Gasteiger partial charge is 0.322 e. The lowest BCUT2D eigenvalue weighted by Gasteiger charge is -2.13. The fraction of sp³-hybridized carbons (Fsp3) is 0.0556. The SMILES string of the molecule is O=C(CN1C(=O)S/C(=C\c2cc([N+](=O)[O-])ccc2Cl)C1=O)Nc1ccc(F)c(F)c1F. The average Bonchev–Trinajstić information content (AvgIpc) is 2.97. The third-order valence-corrected chi connectivity index (χ3v) is 5.21. The van der Waals surface area contributed by atoms with Gasteiger partial charge in [0.1, 0.15) is 6.54 Å². The van der Waals surface area contributed by atoms with E-state index in [1.165, 1.54) is 6.07 Å². The highest BCUT2D eigenvalue weighted by Gasteiger charge is 2.36. The number of hydrogen-bond donors (Lipinski definition) is 1. The van der Waals surface area contributed by atoms with Crippen molar-refractivity contribution in [1.82, 2.24) is 4.90 Å². The summed E-state index contributed by atoms with van der Waals surface area (Å²) in [5.41, 5.74) is -0.854. The van der Waals surface area contributed by atoms with Crippen LogP contribution in [0.5, 0.6) is 0 Å². The Morgan fingerprint density at radius 2 is 1.90 bits per heavy atom. The summed E-state index contributed by atoms with van der Waals surface area (Å²) in [4.78, 5) is 47.3. The van der Waals surface area contributed by atoms with Crippen LogP contribution < -0.4 is 5.32 Å². The number of nitro benzene ring substituents is 1. The van der Waals surface area contributed by atoms with Crippen LogP contribution >= 0.6 is 23.4 Å². The number of nitrogens with one attached hydrogen (secondary N) is 1. The maximum atomic E-state index is 13.7. The highest BCUT2D eigenvalue weighted by Crippen LogP contribution is 2.34. The fourth-order valence-corrected chi connectivity index (χ4v) is 3.49. The first-order valence-corrected chi connectivity index (χ1v) is 9.40. The topological polar surface area (TPSA) is 110 Å². The summed E-state index contributed by atoms with van der Waals surface area (Å²) in [5.74, 6) is -6.81. The van der Waals surface area contributed by atoms with Crippen molar-refractivity contribution in [3.05, 3.63) is 73.4 Å². The molecule has 1 N–H and O–H groups in total.